The van der Waals surface area contributed by atoms with E-state index in [0.717, 1.165) is 4.90 Å². The van der Waals surface area contributed by atoms with E-state index < -0.39 is 18.6 Å². The number of alkyl halides is 3. The average Bonchev–Trinajstić information content (AvgIpc) is 2.67. The Morgan fingerprint density at radius 3 is 2.33 bits per heavy atom. The van der Waals surface area contributed by atoms with E-state index in [2.05, 4.69) is 0 Å². The van der Waals surface area contributed by atoms with Crippen LogP contribution < -0.4 is 5.73 Å². The van der Waals surface area contributed by atoms with Crippen LogP contribution in [-0.4, -0.2) is 34.6 Å². The predicted molar refractivity (Wildman–Crippen MR) is 76.0 cm³/mol. The van der Waals surface area contributed by atoms with Gasteiger partial charge in [-0.2, -0.15) is 13.2 Å². The molecule has 0 unspecified atom stereocenters. The quantitative estimate of drug-likeness (QED) is 0.907. The molecule has 0 aliphatic heterocycles. The van der Waals surface area contributed by atoms with Gasteiger partial charge in [-0.1, -0.05) is 13.8 Å². The molecule has 21 heavy (non-hydrogen) atoms. The van der Waals surface area contributed by atoms with Gasteiger partial charge in [0.2, 0.25) is 0 Å². The van der Waals surface area contributed by atoms with Crippen molar-refractivity contribution in [3.8, 4) is 0 Å². The van der Waals surface area contributed by atoms with Crippen LogP contribution in [0.3, 0.4) is 0 Å². The molecule has 0 radical (unpaired) electrons. The summed E-state index contributed by atoms with van der Waals surface area (Å²) < 4.78 is 39.6. The third-order valence-corrected chi connectivity index (χ3v) is 2.89. The Balaban J connectivity index is 3.10. The van der Waals surface area contributed by atoms with Gasteiger partial charge in [0, 0.05) is 18.8 Å². The van der Waals surface area contributed by atoms with Crippen LogP contribution in [0.4, 0.5) is 18.9 Å². The van der Waals surface area contributed by atoms with Crippen molar-refractivity contribution in [3.05, 3.63) is 18.0 Å². The Hall–Kier alpha value is -1.66. The van der Waals surface area contributed by atoms with E-state index in [9.17, 15) is 18.0 Å². The Morgan fingerprint density at radius 2 is 1.90 bits per heavy atom. The van der Waals surface area contributed by atoms with Crippen molar-refractivity contribution in [2.24, 2.45) is 5.92 Å². The van der Waals surface area contributed by atoms with Gasteiger partial charge in [-0.25, -0.2) is 0 Å². The number of nitrogens with zero attached hydrogens (tertiary/aromatic N) is 2. The molecule has 0 fully saturated rings. The second kappa shape index (κ2) is 6.41. The van der Waals surface area contributed by atoms with Crippen LogP contribution in [0.5, 0.6) is 0 Å². The fourth-order valence-electron chi connectivity index (χ4n) is 2.14. The van der Waals surface area contributed by atoms with E-state index in [1.54, 1.807) is 24.6 Å². The van der Waals surface area contributed by atoms with Gasteiger partial charge in [0.1, 0.15) is 12.2 Å². The first-order valence-electron chi connectivity index (χ1n) is 6.84. The van der Waals surface area contributed by atoms with E-state index in [1.165, 1.54) is 6.07 Å². The number of halogens is 3. The maximum atomic E-state index is 12.7. The summed E-state index contributed by atoms with van der Waals surface area (Å²) in [4.78, 5) is 13.3. The zero-order chi connectivity index (χ0) is 16.4. The highest BCUT2D eigenvalue weighted by molar-refractivity contribution is 5.94. The van der Waals surface area contributed by atoms with Crippen molar-refractivity contribution in [1.29, 1.82) is 0 Å². The zero-order valence-corrected chi connectivity index (χ0v) is 12.7. The van der Waals surface area contributed by atoms with Crippen molar-refractivity contribution >= 4 is 11.6 Å². The lowest BCUT2D eigenvalue weighted by Crippen LogP contribution is -2.41. The first kappa shape index (κ1) is 17.4. The van der Waals surface area contributed by atoms with E-state index in [0.29, 0.717) is 5.69 Å². The molecule has 1 amide bonds. The summed E-state index contributed by atoms with van der Waals surface area (Å²) in [5, 5.41) is 0. The maximum absolute atomic E-state index is 12.7. The number of amides is 1. The number of anilines is 1. The average molecular weight is 305 g/mol. The highest BCUT2D eigenvalue weighted by Crippen LogP contribution is 2.22. The van der Waals surface area contributed by atoms with Gasteiger partial charge in [-0.3, -0.25) is 4.79 Å². The lowest BCUT2D eigenvalue weighted by molar-refractivity contribution is -0.141. The molecule has 0 saturated heterocycles. The summed E-state index contributed by atoms with van der Waals surface area (Å²) >= 11 is 0. The van der Waals surface area contributed by atoms with Crippen molar-refractivity contribution in [3.63, 3.8) is 0 Å². The zero-order valence-electron chi connectivity index (χ0n) is 12.7. The Morgan fingerprint density at radius 1 is 1.33 bits per heavy atom. The van der Waals surface area contributed by atoms with Crippen LogP contribution in [0.2, 0.25) is 0 Å². The largest absolute Gasteiger partial charge is 0.406 e. The number of hydrogen-bond acceptors (Lipinski definition) is 2. The minimum absolute atomic E-state index is 0.0432. The molecule has 0 spiro atoms. The van der Waals surface area contributed by atoms with Crippen molar-refractivity contribution < 1.29 is 18.0 Å². The van der Waals surface area contributed by atoms with Crippen LogP contribution in [0.15, 0.2) is 12.3 Å². The summed E-state index contributed by atoms with van der Waals surface area (Å²) in [7, 11) is 0. The van der Waals surface area contributed by atoms with Gasteiger partial charge in [-0.05, 0) is 25.8 Å². The Kier molecular flexibility index (Phi) is 5.31. The van der Waals surface area contributed by atoms with Crippen molar-refractivity contribution in [1.82, 2.24) is 9.47 Å². The van der Waals surface area contributed by atoms with Crippen LogP contribution in [0.1, 0.15) is 44.2 Å². The van der Waals surface area contributed by atoms with Gasteiger partial charge < -0.3 is 15.2 Å². The van der Waals surface area contributed by atoms with Crippen LogP contribution >= 0.6 is 0 Å². The lowest BCUT2D eigenvalue weighted by atomic mass is 10.2. The van der Waals surface area contributed by atoms with Crippen molar-refractivity contribution in [2.75, 3.05) is 18.8 Å². The van der Waals surface area contributed by atoms with Crippen LogP contribution in [0, 0.1) is 5.92 Å². The van der Waals surface area contributed by atoms with Gasteiger partial charge in [-0.15, -0.1) is 0 Å². The second-order valence-electron chi connectivity index (χ2n) is 5.85. The molecule has 120 valence electrons. The highest BCUT2D eigenvalue weighted by atomic mass is 19.4. The smallest absolute Gasteiger partial charge is 0.397 e. The molecule has 0 saturated carbocycles. The van der Waals surface area contributed by atoms with Gasteiger partial charge in [0.25, 0.3) is 5.91 Å². The number of nitrogens with two attached hydrogens (primary N) is 1. The molecule has 2 N–H and O–H groups in total. The summed E-state index contributed by atoms with van der Waals surface area (Å²) in [6, 6.07) is 1.36. The summed E-state index contributed by atoms with van der Waals surface area (Å²) in [6.07, 6.45) is -2.86. The minimum Gasteiger partial charge on any atom is -0.397 e. The molecule has 7 heteroatoms. The summed E-state index contributed by atoms with van der Waals surface area (Å²) in [5.74, 6) is -0.706. The van der Waals surface area contributed by atoms with E-state index in [-0.39, 0.29) is 24.2 Å². The first-order chi connectivity index (χ1) is 9.51. The molecular weight excluding hydrogens is 283 g/mol. The Labute approximate surface area is 122 Å². The minimum atomic E-state index is -4.43. The molecule has 0 aromatic carbocycles. The number of nitrogen functional groups attached to an aromatic ring is 1. The van der Waals surface area contributed by atoms with E-state index in [4.69, 9.17) is 5.73 Å². The number of carbonyl (C=O) groups excluding carboxylic acids is 1. The molecule has 1 rings (SSSR count). The maximum Gasteiger partial charge on any atom is 0.406 e. The predicted octanol–water partition coefficient (Wildman–Crippen LogP) is 3.31. The fraction of sp³-hybridized carbons (Fsp3) is 0.643. The molecular formula is C14H22F3N3O. The molecule has 0 aliphatic carbocycles. The van der Waals surface area contributed by atoms with Gasteiger partial charge in [0.15, 0.2) is 0 Å². The molecule has 0 atom stereocenters. The normalized spacial score (nSPS) is 12.2. The SMILES string of the molecule is CC(C)CN(CC(F)(F)F)C(=O)c1cc(N)cn1C(C)C. The van der Waals surface area contributed by atoms with E-state index in [1.807, 2.05) is 13.8 Å². The molecule has 0 bridgehead atoms. The lowest BCUT2D eigenvalue weighted by Gasteiger charge is -2.26. The summed E-state index contributed by atoms with van der Waals surface area (Å²) in [5.41, 5.74) is 6.22. The third-order valence-electron chi connectivity index (χ3n) is 2.89. The molecule has 1 aromatic rings. The second-order valence-corrected chi connectivity index (χ2v) is 5.85. The topological polar surface area (TPSA) is 51.3 Å². The molecule has 4 nitrogen and oxygen atoms in total. The van der Waals surface area contributed by atoms with E-state index >= 15 is 0 Å². The fourth-order valence-corrected chi connectivity index (χ4v) is 2.14. The number of carbonyl (C=O) groups is 1. The van der Waals surface area contributed by atoms with Gasteiger partial charge >= 0.3 is 6.18 Å². The first-order valence-corrected chi connectivity index (χ1v) is 6.84. The van der Waals surface area contributed by atoms with Crippen LogP contribution in [-0.2, 0) is 0 Å². The van der Waals surface area contributed by atoms with Crippen molar-refractivity contribution in [2.45, 2.75) is 39.9 Å². The highest BCUT2D eigenvalue weighted by Gasteiger charge is 2.34. The van der Waals surface area contributed by atoms with Crippen LogP contribution in [0.25, 0.3) is 0 Å². The third kappa shape index (κ3) is 4.99. The Bertz CT molecular complexity index is 492. The number of rotatable bonds is 5. The monoisotopic (exact) mass is 305 g/mol. The number of hydrogen-bond donors (Lipinski definition) is 1. The standard InChI is InChI=1S/C14H22F3N3O/c1-9(2)6-19(8-14(15,16)17)13(21)12-5-11(18)7-20(12)10(3)4/h5,7,9-10H,6,8,18H2,1-4H3. The van der Waals surface area contributed by atoms with Gasteiger partial charge in [0.05, 0.1) is 5.69 Å². The molecule has 1 heterocycles. The summed E-state index contributed by atoms with van der Waals surface area (Å²) in [6.45, 7) is 6.01. The number of aromatic nitrogens is 1. The molecule has 1 aromatic heterocycles. The molecule has 0 aliphatic rings.